The zero-order valence-corrected chi connectivity index (χ0v) is 17.9. The van der Waals surface area contributed by atoms with E-state index in [4.69, 9.17) is 10.7 Å². The second-order valence-corrected chi connectivity index (χ2v) is 8.91. The van der Waals surface area contributed by atoms with Gasteiger partial charge in [0.25, 0.3) is 0 Å². The molecule has 0 bridgehead atoms. The van der Waals surface area contributed by atoms with Crippen LogP contribution >= 0.6 is 0 Å². The van der Waals surface area contributed by atoms with Gasteiger partial charge in [-0.15, -0.1) is 0 Å². The summed E-state index contributed by atoms with van der Waals surface area (Å²) in [6, 6.07) is 17.7. The lowest BCUT2D eigenvalue weighted by molar-refractivity contribution is 0.486. The normalized spacial score (nSPS) is 13.4. The van der Waals surface area contributed by atoms with Crippen molar-refractivity contribution in [3.05, 3.63) is 72.4 Å². The molecule has 0 unspecified atom stereocenters. The number of allylic oxidation sites excluding steroid dienone is 1. The van der Waals surface area contributed by atoms with Gasteiger partial charge in [0.05, 0.1) is 11.4 Å². The topological polar surface area (TPSA) is 62.8 Å². The Labute approximate surface area is 169 Å². The number of amidine groups is 2. The highest BCUT2D eigenvalue weighted by molar-refractivity contribution is 6.41. The first-order chi connectivity index (χ1) is 13.0. The fourth-order valence-electron chi connectivity index (χ4n) is 2.50. The predicted octanol–water partition coefficient (Wildman–Crippen LogP) is 5.85. The molecule has 0 saturated carbocycles. The molecule has 0 aromatic heterocycles. The molecule has 148 valence electrons. The summed E-state index contributed by atoms with van der Waals surface area (Å²) in [5.41, 5.74) is 9.79. The van der Waals surface area contributed by atoms with Crippen molar-refractivity contribution in [1.82, 2.24) is 5.32 Å². The number of nitrogens with two attached hydrogens (primary N) is 1. The summed E-state index contributed by atoms with van der Waals surface area (Å²) in [6.45, 7) is 16.9. The summed E-state index contributed by atoms with van der Waals surface area (Å²) < 4.78 is 0. The quantitative estimate of drug-likeness (QED) is 0.521. The van der Waals surface area contributed by atoms with Crippen LogP contribution in [0, 0.1) is 5.41 Å². The maximum atomic E-state index is 6.36. The van der Waals surface area contributed by atoms with E-state index in [2.05, 4.69) is 64.5 Å². The zero-order valence-electron chi connectivity index (χ0n) is 17.9. The van der Waals surface area contributed by atoms with Crippen molar-refractivity contribution in [2.75, 3.05) is 0 Å². The van der Waals surface area contributed by atoms with Gasteiger partial charge in [-0.25, -0.2) is 9.98 Å². The van der Waals surface area contributed by atoms with Gasteiger partial charge < -0.3 is 11.1 Å². The SMILES string of the molecule is C=C(NC(=Nc1ccccc1C(C)(C)C)C(N)=Nc1ccccc1)C(C)(C)C. The molecule has 0 saturated heterocycles. The highest BCUT2D eigenvalue weighted by Gasteiger charge is 2.20. The van der Waals surface area contributed by atoms with E-state index in [1.54, 1.807) is 0 Å². The summed E-state index contributed by atoms with van der Waals surface area (Å²) >= 11 is 0. The van der Waals surface area contributed by atoms with Gasteiger partial charge in [-0.05, 0) is 29.2 Å². The molecule has 0 heterocycles. The molecule has 2 aromatic rings. The summed E-state index contributed by atoms with van der Waals surface area (Å²) in [5, 5.41) is 3.30. The first kappa shape index (κ1) is 21.4. The lowest BCUT2D eigenvalue weighted by Crippen LogP contribution is -2.38. The standard InChI is InChI=1S/C24H32N4/c1-17(23(2,3)4)26-22(21(25)27-18-13-9-8-10-14-18)28-20-16-12-11-15-19(20)24(5,6)7/h8-16H,1H2,2-7H3,(H2,25,27)(H,26,28). The second kappa shape index (κ2) is 8.42. The molecule has 28 heavy (non-hydrogen) atoms. The van der Waals surface area contributed by atoms with Crippen molar-refractivity contribution >= 4 is 23.0 Å². The summed E-state index contributed by atoms with van der Waals surface area (Å²) in [4.78, 5) is 9.41. The fourth-order valence-corrected chi connectivity index (χ4v) is 2.50. The molecule has 0 fully saturated rings. The monoisotopic (exact) mass is 376 g/mol. The van der Waals surface area contributed by atoms with Crippen molar-refractivity contribution in [1.29, 1.82) is 0 Å². The summed E-state index contributed by atoms with van der Waals surface area (Å²) in [5.74, 6) is 0.820. The minimum atomic E-state index is -0.142. The molecule has 0 atom stereocenters. The van der Waals surface area contributed by atoms with Crippen molar-refractivity contribution < 1.29 is 0 Å². The van der Waals surface area contributed by atoms with E-state index in [0.29, 0.717) is 11.7 Å². The van der Waals surface area contributed by atoms with E-state index in [9.17, 15) is 0 Å². The first-order valence-corrected chi connectivity index (χ1v) is 9.52. The van der Waals surface area contributed by atoms with Crippen LogP contribution in [0.1, 0.15) is 47.1 Å². The van der Waals surface area contributed by atoms with E-state index in [0.717, 1.165) is 22.6 Å². The van der Waals surface area contributed by atoms with Gasteiger partial charge in [0.1, 0.15) is 0 Å². The Hall–Kier alpha value is -2.88. The molecule has 4 nitrogen and oxygen atoms in total. The number of hydrogen-bond acceptors (Lipinski definition) is 2. The van der Waals surface area contributed by atoms with Crippen LogP contribution in [-0.4, -0.2) is 11.7 Å². The van der Waals surface area contributed by atoms with Crippen LogP contribution in [0.5, 0.6) is 0 Å². The van der Waals surface area contributed by atoms with Crippen molar-refractivity contribution in [2.45, 2.75) is 47.0 Å². The number of hydrogen-bond donors (Lipinski definition) is 2. The van der Waals surface area contributed by atoms with Crippen LogP contribution in [-0.2, 0) is 5.41 Å². The van der Waals surface area contributed by atoms with Gasteiger partial charge in [-0.2, -0.15) is 0 Å². The molecule has 2 aromatic carbocycles. The molecule has 2 rings (SSSR count). The number of nitrogens with zero attached hydrogens (tertiary/aromatic N) is 2. The summed E-state index contributed by atoms with van der Waals surface area (Å²) in [6.07, 6.45) is 0. The third-order valence-electron chi connectivity index (χ3n) is 4.37. The molecule has 0 radical (unpaired) electrons. The number of nitrogens with one attached hydrogen (secondary N) is 1. The maximum Gasteiger partial charge on any atom is 0.173 e. The van der Waals surface area contributed by atoms with Crippen LogP contribution in [0.25, 0.3) is 0 Å². The molecule has 0 aliphatic heterocycles. The Morgan fingerprint density at radius 1 is 0.857 bits per heavy atom. The lowest BCUT2D eigenvalue weighted by atomic mass is 9.86. The molecular formula is C24H32N4. The van der Waals surface area contributed by atoms with Crippen molar-refractivity contribution in [3.8, 4) is 0 Å². The van der Waals surface area contributed by atoms with Crippen molar-refractivity contribution in [3.63, 3.8) is 0 Å². The average Bonchev–Trinajstić information content (AvgIpc) is 2.60. The van der Waals surface area contributed by atoms with E-state index < -0.39 is 0 Å². The van der Waals surface area contributed by atoms with Gasteiger partial charge in [-0.1, -0.05) is 84.5 Å². The van der Waals surface area contributed by atoms with Gasteiger partial charge in [-0.3, -0.25) is 0 Å². The predicted molar refractivity (Wildman–Crippen MR) is 122 cm³/mol. The molecule has 0 aliphatic carbocycles. The molecule has 0 aliphatic rings. The third kappa shape index (κ3) is 5.81. The van der Waals surface area contributed by atoms with Crippen LogP contribution in [0.3, 0.4) is 0 Å². The van der Waals surface area contributed by atoms with E-state index in [1.807, 2.05) is 48.5 Å². The van der Waals surface area contributed by atoms with Crippen LogP contribution in [0.2, 0.25) is 0 Å². The lowest BCUT2D eigenvalue weighted by Gasteiger charge is -2.25. The average molecular weight is 377 g/mol. The number of aliphatic imine (C=N–C) groups is 2. The highest BCUT2D eigenvalue weighted by Crippen LogP contribution is 2.31. The van der Waals surface area contributed by atoms with Gasteiger partial charge in [0, 0.05) is 11.1 Å². The Morgan fingerprint density at radius 3 is 2.00 bits per heavy atom. The highest BCUT2D eigenvalue weighted by atomic mass is 15.1. The van der Waals surface area contributed by atoms with Gasteiger partial charge in [0.15, 0.2) is 11.7 Å². The molecule has 0 amide bonds. The minimum Gasteiger partial charge on any atom is -0.381 e. The molecular weight excluding hydrogens is 344 g/mol. The third-order valence-corrected chi connectivity index (χ3v) is 4.37. The van der Waals surface area contributed by atoms with Crippen LogP contribution in [0.4, 0.5) is 11.4 Å². The van der Waals surface area contributed by atoms with Crippen molar-refractivity contribution in [2.24, 2.45) is 21.1 Å². The largest absolute Gasteiger partial charge is 0.381 e. The Kier molecular flexibility index (Phi) is 6.45. The molecule has 0 spiro atoms. The second-order valence-electron chi connectivity index (χ2n) is 8.91. The number of para-hydroxylation sites is 2. The van der Waals surface area contributed by atoms with Gasteiger partial charge >= 0.3 is 0 Å². The van der Waals surface area contributed by atoms with Crippen LogP contribution in [0.15, 0.2) is 76.9 Å². The maximum absolute atomic E-state index is 6.36. The first-order valence-electron chi connectivity index (χ1n) is 9.52. The van der Waals surface area contributed by atoms with E-state index in [-0.39, 0.29) is 10.8 Å². The Morgan fingerprint density at radius 2 is 1.43 bits per heavy atom. The summed E-state index contributed by atoms with van der Waals surface area (Å²) in [7, 11) is 0. The smallest absolute Gasteiger partial charge is 0.173 e. The van der Waals surface area contributed by atoms with Gasteiger partial charge in [0.2, 0.25) is 0 Å². The molecule has 4 heteroatoms. The molecule has 3 N–H and O–H groups in total. The fraction of sp³-hybridized carbons (Fsp3) is 0.333. The minimum absolute atomic E-state index is 0.0441. The number of benzene rings is 2. The van der Waals surface area contributed by atoms with E-state index in [1.165, 1.54) is 0 Å². The Balaban J connectivity index is 2.55. The van der Waals surface area contributed by atoms with E-state index >= 15 is 0 Å². The zero-order chi connectivity index (χ0) is 20.9. The van der Waals surface area contributed by atoms with Crippen LogP contribution < -0.4 is 11.1 Å². The Bertz CT molecular complexity index is 879. The number of rotatable bonds is 3.